The highest BCUT2D eigenvalue weighted by molar-refractivity contribution is 5.99. The van der Waals surface area contributed by atoms with Gasteiger partial charge < -0.3 is 23.7 Å². The summed E-state index contributed by atoms with van der Waals surface area (Å²) in [5.74, 6) is 1.02. The minimum absolute atomic E-state index is 0.244. The molecule has 0 saturated heterocycles. The first-order valence-corrected chi connectivity index (χ1v) is 8.69. The molecule has 0 fully saturated rings. The number of carbonyl (C=O) groups is 1. The Morgan fingerprint density at radius 3 is 2.14 bits per heavy atom. The van der Waals surface area contributed by atoms with Gasteiger partial charge in [-0.15, -0.1) is 0 Å². The molecule has 0 amide bonds. The average molecular weight is 396 g/mol. The van der Waals surface area contributed by atoms with Gasteiger partial charge in [-0.25, -0.2) is 9.79 Å². The van der Waals surface area contributed by atoms with Crippen LogP contribution in [0, 0.1) is 11.3 Å². The first-order valence-electron chi connectivity index (χ1n) is 8.69. The number of rotatable bonds is 6. The molecule has 1 heterocycles. The first-order chi connectivity index (χ1) is 14.1. The number of hydrogen-bond acceptors (Lipinski definition) is 8. The van der Waals surface area contributed by atoms with Crippen LogP contribution in [-0.2, 0) is 14.3 Å². The lowest BCUT2D eigenvalue weighted by Crippen LogP contribution is -2.25. The van der Waals surface area contributed by atoms with E-state index in [0.29, 0.717) is 33.9 Å². The average Bonchev–Trinajstić information content (AvgIpc) is 3.23. The monoisotopic (exact) mass is 396 g/mol. The van der Waals surface area contributed by atoms with E-state index < -0.39 is 18.1 Å². The van der Waals surface area contributed by atoms with Crippen LogP contribution >= 0.6 is 0 Å². The molecular weight excluding hydrogens is 376 g/mol. The van der Waals surface area contributed by atoms with Gasteiger partial charge >= 0.3 is 5.97 Å². The SMILES string of the molecule is COC(=O)[C@H]1N=C(c2cc(OC)c(OC)c(OC)c2)O[C@H]1c1ccc(C#N)cc1. The van der Waals surface area contributed by atoms with Crippen LogP contribution in [0.3, 0.4) is 0 Å². The Balaban J connectivity index is 2.02. The minimum atomic E-state index is -0.887. The summed E-state index contributed by atoms with van der Waals surface area (Å²) in [4.78, 5) is 16.8. The van der Waals surface area contributed by atoms with Crippen LogP contribution in [0.15, 0.2) is 41.4 Å². The van der Waals surface area contributed by atoms with Crippen molar-refractivity contribution in [1.29, 1.82) is 5.26 Å². The number of ether oxygens (including phenoxy) is 5. The molecular formula is C21H20N2O6. The van der Waals surface area contributed by atoms with Crippen molar-refractivity contribution in [1.82, 2.24) is 0 Å². The van der Waals surface area contributed by atoms with Crippen molar-refractivity contribution in [3.05, 3.63) is 53.1 Å². The molecule has 8 nitrogen and oxygen atoms in total. The number of esters is 1. The fraction of sp³-hybridized carbons (Fsp3) is 0.286. The highest BCUT2D eigenvalue weighted by Gasteiger charge is 2.39. The molecule has 2 atom stereocenters. The van der Waals surface area contributed by atoms with Crippen LogP contribution in [0.2, 0.25) is 0 Å². The van der Waals surface area contributed by atoms with E-state index >= 15 is 0 Å². The van der Waals surface area contributed by atoms with E-state index in [4.69, 9.17) is 28.9 Å². The fourth-order valence-corrected chi connectivity index (χ4v) is 3.05. The van der Waals surface area contributed by atoms with E-state index in [2.05, 4.69) is 11.1 Å². The molecule has 0 spiro atoms. The summed E-state index contributed by atoms with van der Waals surface area (Å²) in [5, 5.41) is 8.99. The van der Waals surface area contributed by atoms with Crippen LogP contribution < -0.4 is 14.2 Å². The van der Waals surface area contributed by atoms with Gasteiger partial charge in [0.05, 0.1) is 40.1 Å². The van der Waals surface area contributed by atoms with E-state index in [0.717, 1.165) is 0 Å². The van der Waals surface area contributed by atoms with E-state index in [1.54, 1.807) is 36.4 Å². The van der Waals surface area contributed by atoms with Gasteiger partial charge in [0.1, 0.15) is 0 Å². The maximum Gasteiger partial charge on any atom is 0.335 e. The predicted molar refractivity (Wildman–Crippen MR) is 103 cm³/mol. The molecule has 0 aliphatic carbocycles. The molecule has 0 unspecified atom stereocenters. The van der Waals surface area contributed by atoms with E-state index in [1.165, 1.54) is 28.4 Å². The summed E-state index contributed by atoms with van der Waals surface area (Å²) in [6.07, 6.45) is -0.690. The lowest BCUT2D eigenvalue weighted by Gasteiger charge is -2.17. The number of aliphatic imine (C=N–C) groups is 1. The Hall–Kier alpha value is -3.73. The second-order valence-electron chi connectivity index (χ2n) is 6.09. The molecule has 0 N–H and O–H groups in total. The van der Waals surface area contributed by atoms with Gasteiger partial charge in [-0.1, -0.05) is 12.1 Å². The molecule has 8 heteroatoms. The van der Waals surface area contributed by atoms with Gasteiger partial charge in [-0.3, -0.25) is 0 Å². The largest absolute Gasteiger partial charge is 0.493 e. The summed E-state index contributed by atoms with van der Waals surface area (Å²) in [5.41, 5.74) is 1.77. The highest BCUT2D eigenvalue weighted by atomic mass is 16.5. The maximum atomic E-state index is 12.3. The highest BCUT2D eigenvalue weighted by Crippen LogP contribution is 2.40. The number of hydrogen-bond donors (Lipinski definition) is 0. The van der Waals surface area contributed by atoms with Crippen LogP contribution in [0.4, 0.5) is 0 Å². The molecule has 29 heavy (non-hydrogen) atoms. The van der Waals surface area contributed by atoms with E-state index in [9.17, 15) is 4.79 Å². The zero-order valence-corrected chi connectivity index (χ0v) is 16.5. The quantitative estimate of drug-likeness (QED) is 0.692. The zero-order valence-electron chi connectivity index (χ0n) is 16.5. The summed E-state index contributed by atoms with van der Waals surface area (Å²) in [6, 6.07) is 11.3. The van der Waals surface area contributed by atoms with Crippen molar-refractivity contribution < 1.29 is 28.5 Å². The van der Waals surface area contributed by atoms with E-state index in [1.807, 2.05) is 0 Å². The Bertz CT molecular complexity index is 953. The standard InChI is InChI=1S/C21H20N2O6/c1-25-15-9-14(10-16(26-2)19(15)27-3)20-23-17(21(24)28-4)18(29-20)13-7-5-12(11-22)6-8-13/h5-10,17-18H,1-4H3/t17-,18-/m0/s1. The third kappa shape index (κ3) is 3.80. The van der Waals surface area contributed by atoms with Crippen LogP contribution in [0.5, 0.6) is 17.2 Å². The molecule has 0 aromatic heterocycles. The van der Waals surface area contributed by atoms with Crippen molar-refractivity contribution in [2.75, 3.05) is 28.4 Å². The van der Waals surface area contributed by atoms with Crippen molar-refractivity contribution in [2.45, 2.75) is 12.1 Å². The van der Waals surface area contributed by atoms with Gasteiger partial charge in [-0.05, 0) is 29.8 Å². The number of nitrogens with zero attached hydrogens (tertiary/aromatic N) is 2. The molecule has 2 aromatic rings. The Kier molecular flexibility index (Phi) is 5.88. The summed E-state index contributed by atoms with van der Waals surface area (Å²) in [6.45, 7) is 0. The number of methoxy groups -OCH3 is 4. The van der Waals surface area contributed by atoms with Crippen LogP contribution in [0.25, 0.3) is 0 Å². The molecule has 1 aliphatic rings. The van der Waals surface area contributed by atoms with Gasteiger partial charge in [0, 0.05) is 5.56 Å². The Morgan fingerprint density at radius 1 is 1.03 bits per heavy atom. The van der Waals surface area contributed by atoms with Crippen molar-refractivity contribution >= 4 is 11.9 Å². The second kappa shape index (κ2) is 8.52. The van der Waals surface area contributed by atoms with Gasteiger partial charge in [-0.2, -0.15) is 5.26 Å². The normalized spacial score (nSPS) is 17.6. The Morgan fingerprint density at radius 2 is 1.66 bits per heavy atom. The number of carbonyl (C=O) groups excluding carboxylic acids is 1. The lowest BCUT2D eigenvalue weighted by molar-refractivity contribution is -0.143. The lowest BCUT2D eigenvalue weighted by atomic mass is 10.0. The van der Waals surface area contributed by atoms with Gasteiger partial charge in [0.25, 0.3) is 0 Å². The van der Waals surface area contributed by atoms with Crippen LogP contribution in [-0.4, -0.2) is 46.3 Å². The molecule has 0 saturated carbocycles. The van der Waals surface area contributed by atoms with Crippen molar-refractivity contribution in [3.63, 3.8) is 0 Å². The molecule has 150 valence electrons. The molecule has 1 aliphatic heterocycles. The smallest absolute Gasteiger partial charge is 0.335 e. The minimum Gasteiger partial charge on any atom is -0.493 e. The van der Waals surface area contributed by atoms with Crippen molar-refractivity contribution in [2.24, 2.45) is 4.99 Å². The van der Waals surface area contributed by atoms with E-state index in [-0.39, 0.29) is 5.90 Å². The van der Waals surface area contributed by atoms with Gasteiger partial charge in [0.15, 0.2) is 23.6 Å². The topological polar surface area (TPSA) is 99.4 Å². The predicted octanol–water partition coefficient (Wildman–Crippen LogP) is 2.64. The molecule has 0 radical (unpaired) electrons. The molecule has 2 aromatic carbocycles. The third-order valence-corrected chi connectivity index (χ3v) is 4.50. The van der Waals surface area contributed by atoms with Gasteiger partial charge in [0.2, 0.25) is 11.6 Å². The third-order valence-electron chi connectivity index (χ3n) is 4.50. The first kappa shape index (κ1) is 20.0. The molecule has 0 bridgehead atoms. The molecule has 3 rings (SSSR count). The number of benzene rings is 2. The summed E-state index contributed by atoms with van der Waals surface area (Å²) in [7, 11) is 5.83. The Labute approximate surface area is 168 Å². The maximum absolute atomic E-state index is 12.3. The summed E-state index contributed by atoms with van der Waals surface area (Å²) < 4.78 is 27.0. The second-order valence-corrected chi connectivity index (χ2v) is 6.09. The fourth-order valence-electron chi connectivity index (χ4n) is 3.05. The van der Waals surface area contributed by atoms with Crippen LogP contribution in [0.1, 0.15) is 22.8 Å². The summed E-state index contributed by atoms with van der Waals surface area (Å²) >= 11 is 0. The van der Waals surface area contributed by atoms with Crippen molar-refractivity contribution in [3.8, 4) is 23.3 Å². The zero-order chi connectivity index (χ0) is 21.0. The number of nitriles is 1.